The van der Waals surface area contributed by atoms with Crippen LogP contribution in [0, 0.1) is 0 Å². The monoisotopic (exact) mass is 418 g/mol. The van der Waals surface area contributed by atoms with E-state index in [-0.39, 0.29) is 30.7 Å². The fourth-order valence-corrected chi connectivity index (χ4v) is 2.81. The molecule has 2 aromatic carbocycles. The summed E-state index contributed by atoms with van der Waals surface area (Å²) < 4.78 is 10.2. The first-order chi connectivity index (χ1) is 13.5. The molecule has 144 valence electrons. The summed E-state index contributed by atoms with van der Waals surface area (Å²) in [5.41, 5.74) is 1.37. The summed E-state index contributed by atoms with van der Waals surface area (Å²) in [7, 11) is 0. The zero-order valence-electron chi connectivity index (χ0n) is 14.9. The number of amidine groups is 1. The third-order valence-corrected chi connectivity index (χ3v) is 4.36. The second-order valence-electron chi connectivity index (χ2n) is 5.79. The van der Waals surface area contributed by atoms with Crippen LogP contribution in [0.1, 0.15) is 24.1 Å². The van der Waals surface area contributed by atoms with Gasteiger partial charge in [-0.15, -0.1) is 0 Å². The van der Waals surface area contributed by atoms with Crippen LogP contribution in [0.4, 0.5) is 0 Å². The van der Waals surface area contributed by atoms with Crippen molar-refractivity contribution in [3.8, 4) is 0 Å². The molecule has 1 aliphatic rings. The van der Waals surface area contributed by atoms with Crippen LogP contribution in [-0.4, -0.2) is 36.7 Å². The molecule has 28 heavy (non-hydrogen) atoms. The molecule has 1 aliphatic heterocycles. The Morgan fingerprint density at radius 1 is 1.04 bits per heavy atom. The number of hydrogen-bond donors (Lipinski definition) is 0. The SMILES string of the molecule is CCOC(=O)COC1=NC(c2ccc(Cl)cc2)C(=O)C(c2ccc(Cl)cc2)=N1. The molecule has 2 aromatic rings. The molecule has 0 saturated heterocycles. The molecule has 0 amide bonds. The first-order valence-electron chi connectivity index (χ1n) is 8.48. The average Bonchev–Trinajstić information content (AvgIpc) is 2.69. The maximum absolute atomic E-state index is 13.0. The van der Waals surface area contributed by atoms with E-state index in [9.17, 15) is 9.59 Å². The maximum atomic E-state index is 13.0. The van der Waals surface area contributed by atoms with Crippen molar-refractivity contribution in [2.45, 2.75) is 13.0 Å². The van der Waals surface area contributed by atoms with Crippen molar-refractivity contribution >= 4 is 46.7 Å². The summed E-state index contributed by atoms with van der Waals surface area (Å²) in [4.78, 5) is 33.1. The smallest absolute Gasteiger partial charge is 0.344 e. The van der Waals surface area contributed by atoms with Gasteiger partial charge in [-0.1, -0.05) is 47.5 Å². The minimum absolute atomic E-state index is 0.0717. The average molecular weight is 419 g/mol. The molecule has 0 aliphatic carbocycles. The van der Waals surface area contributed by atoms with E-state index in [4.69, 9.17) is 32.7 Å². The lowest BCUT2D eigenvalue weighted by molar-refractivity contribution is -0.145. The fourth-order valence-electron chi connectivity index (χ4n) is 2.56. The Hall–Kier alpha value is -2.70. The van der Waals surface area contributed by atoms with Gasteiger partial charge in [0.05, 0.1) is 6.61 Å². The zero-order valence-corrected chi connectivity index (χ0v) is 16.4. The fraction of sp³-hybridized carbons (Fsp3) is 0.200. The number of carbonyl (C=O) groups excluding carboxylic acids is 2. The number of ether oxygens (including phenoxy) is 2. The molecule has 3 rings (SSSR count). The van der Waals surface area contributed by atoms with Gasteiger partial charge in [0.1, 0.15) is 11.8 Å². The number of benzene rings is 2. The molecular formula is C20H16Cl2N2O4. The number of esters is 1. The minimum atomic E-state index is -0.863. The van der Waals surface area contributed by atoms with E-state index in [0.29, 0.717) is 21.2 Å². The lowest BCUT2D eigenvalue weighted by atomic mass is 9.95. The molecule has 6 nitrogen and oxygen atoms in total. The van der Waals surface area contributed by atoms with Gasteiger partial charge in [-0.2, -0.15) is 4.99 Å². The number of Topliss-reactive ketones (excluding diaryl/α,β-unsaturated/α-hetero) is 1. The standard InChI is InChI=1S/C20H16Cl2N2O4/c1-2-27-16(25)11-28-20-23-17(12-3-7-14(21)8-4-12)19(26)18(24-20)13-5-9-15(22)10-6-13/h3-10,17H,2,11H2,1H3. The van der Waals surface area contributed by atoms with Gasteiger partial charge in [0.25, 0.3) is 0 Å². The van der Waals surface area contributed by atoms with Gasteiger partial charge >= 0.3 is 12.0 Å². The Morgan fingerprint density at radius 2 is 1.64 bits per heavy atom. The molecule has 0 N–H and O–H groups in total. The Morgan fingerprint density at radius 3 is 2.25 bits per heavy atom. The Kier molecular flexibility index (Phi) is 6.44. The van der Waals surface area contributed by atoms with Crippen molar-refractivity contribution in [1.29, 1.82) is 0 Å². The van der Waals surface area contributed by atoms with E-state index in [1.165, 1.54) is 0 Å². The predicted molar refractivity (Wildman–Crippen MR) is 107 cm³/mol. The van der Waals surface area contributed by atoms with Gasteiger partial charge < -0.3 is 9.47 Å². The maximum Gasteiger partial charge on any atom is 0.344 e. The topological polar surface area (TPSA) is 77.3 Å². The number of carbonyl (C=O) groups is 2. The number of halogens is 2. The molecule has 0 fully saturated rings. The minimum Gasteiger partial charge on any atom is -0.463 e. The van der Waals surface area contributed by atoms with Gasteiger partial charge in [0.15, 0.2) is 6.61 Å². The van der Waals surface area contributed by atoms with E-state index in [1.54, 1.807) is 55.5 Å². The summed E-state index contributed by atoms with van der Waals surface area (Å²) in [5.74, 6) is -0.846. The number of aliphatic imine (C=N–C) groups is 2. The zero-order chi connectivity index (χ0) is 20.1. The van der Waals surface area contributed by atoms with Crippen molar-refractivity contribution in [1.82, 2.24) is 0 Å². The Balaban J connectivity index is 1.94. The second kappa shape index (κ2) is 8.99. The van der Waals surface area contributed by atoms with Crippen LogP contribution in [0.25, 0.3) is 0 Å². The lowest BCUT2D eigenvalue weighted by Gasteiger charge is -2.19. The van der Waals surface area contributed by atoms with E-state index >= 15 is 0 Å². The van der Waals surface area contributed by atoms with Crippen LogP contribution < -0.4 is 0 Å². The lowest BCUT2D eigenvalue weighted by Crippen LogP contribution is -2.29. The van der Waals surface area contributed by atoms with Gasteiger partial charge in [-0.25, -0.2) is 9.79 Å². The molecule has 1 unspecified atom stereocenters. The van der Waals surface area contributed by atoms with E-state index in [0.717, 1.165) is 0 Å². The van der Waals surface area contributed by atoms with E-state index < -0.39 is 12.0 Å². The molecule has 0 spiro atoms. The quantitative estimate of drug-likeness (QED) is 0.686. The van der Waals surface area contributed by atoms with Crippen LogP contribution in [0.2, 0.25) is 10.0 Å². The summed E-state index contributed by atoms with van der Waals surface area (Å²) >= 11 is 11.9. The molecule has 1 atom stereocenters. The highest BCUT2D eigenvalue weighted by Crippen LogP contribution is 2.26. The van der Waals surface area contributed by atoms with Crippen molar-refractivity contribution in [2.75, 3.05) is 13.2 Å². The van der Waals surface area contributed by atoms with Crippen molar-refractivity contribution in [2.24, 2.45) is 9.98 Å². The van der Waals surface area contributed by atoms with Gasteiger partial charge in [0, 0.05) is 15.6 Å². The molecule has 1 heterocycles. The van der Waals surface area contributed by atoms with Crippen molar-refractivity contribution < 1.29 is 19.1 Å². The molecule has 0 saturated carbocycles. The van der Waals surface area contributed by atoms with Gasteiger partial charge in [-0.3, -0.25) is 4.79 Å². The van der Waals surface area contributed by atoms with Crippen LogP contribution in [0.5, 0.6) is 0 Å². The van der Waals surface area contributed by atoms with E-state index in [1.807, 2.05) is 0 Å². The highest BCUT2D eigenvalue weighted by Gasteiger charge is 2.31. The Bertz CT molecular complexity index is 938. The summed E-state index contributed by atoms with van der Waals surface area (Å²) in [5, 5.41) is 1.08. The van der Waals surface area contributed by atoms with E-state index in [2.05, 4.69) is 9.98 Å². The number of hydrogen-bond acceptors (Lipinski definition) is 6. The van der Waals surface area contributed by atoms with Crippen molar-refractivity contribution in [3.63, 3.8) is 0 Å². The van der Waals surface area contributed by atoms with Gasteiger partial charge in [0.2, 0.25) is 5.78 Å². The molecule has 0 radical (unpaired) electrons. The van der Waals surface area contributed by atoms with Crippen LogP contribution in [-0.2, 0) is 19.1 Å². The third kappa shape index (κ3) is 4.77. The summed E-state index contributed by atoms with van der Waals surface area (Å²) in [6.45, 7) is 1.58. The highest BCUT2D eigenvalue weighted by molar-refractivity contribution is 6.50. The number of rotatable bonds is 5. The largest absolute Gasteiger partial charge is 0.463 e. The van der Waals surface area contributed by atoms with Crippen LogP contribution in [0.15, 0.2) is 58.5 Å². The molecule has 0 bridgehead atoms. The molecule has 0 aromatic heterocycles. The van der Waals surface area contributed by atoms with Crippen molar-refractivity contribution in [3.05, 3.63) is 69.7 Å². The first-order valence-corrected chi connectivity index (χ1v) is 9.24. The molecule has 8 heteroatoms. The predicted octanol–water partition coefficient (Wildman–Crippen LogP) is 4.04. The number of ketones is 1. The summed E-state index contributed by atoms with van der Waals surface area (Å²) in [6, 6.07) is 12.5. The molecular weight excluding hydrogens is 403 g/mol. The van der Waals surface area contributed by atoms with Crippen LogP contribution in [0.3, 0.4) is 0 Å². The highest BCUT2D eigenvalue weighted by atomic mass is 35.5. The third-order valence-electron chi connectivity index (χ3n) is 3.86. The Labute approximate surface area is 171 Å². The number of nitrogens with zero attached hydrogens (tertiary/aromatic N) is 2. The van der Waals surface area contributed by atoms with Crippen LogP contribution >= 0.6 is 23.2 Å². The van der Waals surface area contributed by atoms with Gasteiger partial charge in [-0.05, 0) is 36.8 Å². The normalized spacial score (nSPS) is 16.2. The second-order valence-corrected chi connectivity index (χ2v) is 6.66. The summed E-state index contributed by atoms with van der Waals surface area (Å²) in [6.07, 6.45) is 0. The first kappa shape index (κ1) is 20.0.